The lowest BCUT2D eigenvalue weighted by Crippen LogP contribution is -1.86. The Hall–Kier alpha value is -4.65. The van der Waals surface area contributed by atoms with Crippen molar-refractivity contribution in [2.24, 2.45) is 0 Å². The van der Waals surface area contributed by atoms with Crippen LogP contribution >= 0.6 is 35.3 Å². The van der Waals surface area contributed by atoms with Crippen LogP contribution in [0, 0.1) is 37.5 Å². The van der Waals surface area contributed by atoms with Gasteiger partial charge in [-0.05, 0) is 98.8 Å². The van der Waals surface area contributed by atoms with Crippen molar-refractivity contribution in [1.82, 2.24) is 9.97 Å². The SMILES string of the molecule is Cc1ccc(Sc2cc(Sc3ccc(C)cc3)cc(Sc3cc(C#Cc4ccncc4)cc(C#Cc4ccncc4)c3)c2)cc1. The Balaban J connectivity index is 1.36. The quantitative estimate of drug-likeness (QED) is 0.170. The lowest BCUT2D eigenvalue weighted by molar-refractivity contribution is 1.22. The van der Waals surface area contributed by atoms with Crippen molar-refractivity contribution in [1.29, 1.82) is 0 Å². The molecule has 0 saturated heterocycles. The molecule has 0 saturated carbocycles. The Morgan fingerprint density at radius 3 is 1.09 bits per heavy atom. The van der Waals surface area contributed by atoms with Crippen molar-refractivity contribution in [3.8, 4) is 23.7 Å². The van der Waals surface area contributed by atoms with E-state index in [-0.39, 0.29) is 0 Å². The van der Waals surface area contributed by atoms with Gasteiger partial charge in [-0.2, -0.15) is 0 Å². The Morgan fingerprint density at radius 2 is 0.689 bits per heavy atom. The van der Waals surface area contributed by atoms with Crippen molar-refractivity contribution in [3.63, 3.8) is 0 Å². The van der Waals surface area contributed by atoms with Gasteiger partial charge in [-0.25, -0.2) is 0 Å². The second-order valence-electron chi connectivity index (χ2n) is 10.3. The summed E-state index contributed by atoms with van der Waals surface area (Å²) in [5.74, 6) is 13.2. The topological polar surface area (TPSA) is 25.8 Å². The fraction of sp³-hybridized carbons (Fsp3) is 0.0500. The first-order chi connectivity index (χ1) is 22.0. The molecule has 6 aromatic rings. The van der Waals surface area contributed by atoms with E-state index in [9.17, 15) is 0 Å². The maximum atomic E-state index is 4.11. The molecule has 0 fully saturated rings. The minimum atomic E-state index is 0.912. The molecule has 0 aliphatic rings. The number of pyridine rings is 2. The predicted molar refractivity (Wildman–Crippen MR) is 188 cm³/mol. The average molecular weight is 633 g/mol. The Labute approximate surface area is 278 Å². The fourth-order valence-electron chi connectivity index (χ4n) is 4.30. The smallest absolute Gasteiger partial charge is 0.0280 e. The third-order valence-corrected chi connectivity index (χ3v) is 9.47. The molecule has 0 bridgehead atoms. The maximum absolute atomic E-state index is 4.11. The van der Waals surface area contributed by atoms with Gasteiger partial charge < -0.3 is 0 Å². The van der Waals surface area contributed by atoms with Gasteiger partial charge in [-0.15, -0.1) is 0 Å². The van der Waals surface area contributed by atoms with Crippen LogP contribution in [0.3, 0.4) is 0 Å². The van der Waals surface area contributed by atoms with Crippen molar-refractivity contribution < 1.29 is 0 Å². The average Bonchev–Trinajstić information content (AvgIpc) is 3.06. The molecule has 0 unspecified atom stereocenters. The molecule has 0 radical (unpaired) electrons. The molecular weight excluding hydrogens is 605 g/mol. The summed E-state index contributed by atoms with van der Waals surface area (Å²) in [4.78, 5) is 15.3. The van der Waals surface area contributed by atoms with E-state index in [1.165, 1.54) is 30.7 Å². The third kappa shape index (κ3) is 9.17. The van der Waals surface area contributed by atoms with Gasteiger partial charge >= 0.3 is 0 Å². The van der Waals surface area contributed by atoms with Crippen LogP contribution in [-0.2, 0) is 0 Å². The van der Waals surface area contributed by atoms with E-state index in [2.05, 4.69) is 132 Å². The van der Waals surface area contributed by atoms with Gasteiger partial charge in [0.1, 0.15) is 0 Å². The van der Waals surface area contributed by atoms with E-state index >= 15 is 0 Å². The normalized spacial score (nSPS) is 10.4. The Bertz CT molecular complexity index is 1890. The van der Waals surface area contributed by atoms with Crippen LogP contribution in [-0.4, -0.2) is 9.97 Å². The standard InChI is InChI=1S/C40H28N2S3/c1-29-3-11-35(12-4-29)43-38-26-39(44-36-13-5-30(2)6-14-36)28-40(27-38)45-37-24-33(9-7-31-15-19-41-20-16-31)23-34(25-37)10-8-32-17-21-42-22-18-32/h3-6,11-28H,1-2H3. The van der Waals surface area contributed by atoms with Crippen LogP contribution in [0.4, 0.5) is 0 Å². The van der Waals surface area contributed by atoms with Gasteiger partial charge in [0.2, 0.25) is 0 Å². The highest BCUT2D eigenvalue weighted by Gasteiger charge is 2.09. The number of benzene rings is 4. The number of hydrogen-bond donors (Lipinski definition) is 0. The molecule has 4 aromatic carbocycles. The molecule has 45 heavy (non-hydrogen) atoms. The molecular formula is C40H28N2S3. The summed E-state index contributed by atoms with van der Waals surface area (Å²) in [6, 6.07) is 38.2. The fourth-order valence-corrected chi connectivity index (χ4v) is 7.38. The zero-order chi connectivity index (χ0) is 30.8. The third-order valence-electron chi connectivity index (χ3n) is 6.57. The molecule has 2 nitrogen and oxygen atoms in total. The molecule has 0 N–H and O–H groups in total. The van der Waals surface area contributed by atoms with E-state index in [4.69, 9.17) is 0 Å². The minimum absolute atomic E-state index is 0.912. The molecule has 2 aromatic heterocycles. The summed E-state index contributed by atoms with van der Waals surface area (Å²) in [7, 11) is 0. The van der Waals surface area contributed by atoms with E-state index in [0.29, 0.717) is 0 Å². The van der Waals surface area contributed by atoms with Crippen LogP contribution in [0.1, 0.15) is 33.4 Å². The minimum Gasteiger partial charge on any atom is -0.265 e. The van der Waals surface area contributed by atoms with Crippen LogP contribution < -0.4 is 0 Å². The van der Waals surface area contributed by atoms with Crippen LogP contribution in [0.25, 0.3) is 0 Å². The van der Waals surface area contributed by atoms with Crippen LogP contribution in [0.2, 0.25) is 0 Å². The van der Waals surface area contributed by atoms with Gasteiger partial charge in [0.15, 0.2) is 0 Å². The van der Waals surface area contributed by atoms with Crippen molar-refractivity contribution >= 4 is 35.3 Å². The maximum Gasteiger partial charge on any atom is 0.0280 e. The molecule has 0 aliphatic carbocycles. The second-order valence-corrected chi connectivity index (χ2v) is 13.7. The zero-order valence-corrected chi connectivity index (χ0v) is 27.3. The summed E-state index contributed by atoms with van der Waals surface area (Å²) in [6.45, 7) is 4.24. The first kappa shape index (κ1) is 30.4. The van der Waals surface area contributed by atoms with Crippen LogP contribution in [0.15, 0.2) is 163 Å². The Morgan fingerprint density at radius 1 is 0.356 bits per heavy atom. The molecule has 5 heteroatoms. The largest absolute Gasteiger partial charge is 0.265 e. The molecule has 0 aliphatic heterocycles. The van der Waals surface area contributed by atoms with Gasteiger partial charge in [-0.3, -0.25) is 9.97 Å². The summed E-state index contributed by atoms with van der Waals surface area (Å²) < 4.78 is 0. The summed E-state index contributed by atoms with van der Waals surface area (Å²) in [6.07, 6.45) is 7.04. The van der Waals surface area contributed by atoms with E-state index in [0.717, 1.165) is 32.0 Å². The lowest BCUT2D eigenvalue weighted by atomic mass is 10.1. The lowest BCUT2D eigenvalue weighted by Gasteiger charge is -2.11. The first-order valence-corrected chi connectivity index (χ1v) is 16.8. The summed E-state index contributed by atoms with van der Waals surface area (Å²) in [5.41, 5.74) is 6.19. The monoisotopic (exact) mass is 632 g/mol. The highest BCUT2D eigenvalue weighted by Crippen LogP contribution is 2.39. The van der Waals surface area contributed by atoms with Gasteiger partial charge in [-0.1, -0.05) is 94.4 Å². The van der Waals surface area contributed by atoms with Crippen molar-refractivity contribution in [2.45, 2.75) is 43.2 Å². The number of aryl methyl sites for hydroxylation is 2. The molecule has 0 atom stereocenters. The van der Waals surface area contributed by atoms with E-state index < -0.39 is 0 Å². The summed E-state index contributed by atoms with van der Waals surface area (Å²) in [5, 5.41) is 0. The first-order valence-electron chi connectivity index (χ1n) is 14.4. The van der Waals surface area contributed by atoms with E-state index in [1.807, 2.05) is 24.3 Å². The van der Waals surface area contributed by atoms with Crippen molar-refractivity contribution in [3.05, 3.63) is 167 Å². The highest BCUT2D eigenvalue weighted by atomic mass is 32.2. The van der Waals surface area contributed by atoms with E-state index in [1.54, 1.807) is 60.1 Å². The Kier molecular flexibility index (Phi) is 10.1. The number of rotatable bonds is 6. The zero-order valence-electron chi connectivity index (χ0n) is 24.8. The number of aromatic nitrogens is 2. The molecule has 6 rings (SSSR count). The molecule has 216 valence electrons. The predicted octanol–water partition coefficient (Wildman–Crippen LogP) is 10.3. The molecule has 0 amide bonds. The molecule has 2 heterocycles. The highest BCUT2D eigenvalue weighted by molar-refractivity contribution is 8.01. The second kappa shape index (κ2) is 14.9. The van der Waals surface area contributed by atoms with Crippen LogP contribution in [0.5, 0.6) is 0 Å². The number of nitrogens with zero attached hydrogens (tertiary/aromatic N) is 2. The molecule has 0 spiro atoms. The summed E-state index contributed by atoms with van der Waals surface area (Å²) >= 11 is 5.30. The number of hydrogen-bond acceptors (Lipinski definition) is 5. The van der Waals surface area contributed by atoms with Gasteiger partial charge in [0.05, 0.1) is 0 Å². The van der Waals surface area contributed by atoms with Gasteiger partial charge in [0, 0.05) is 76.4 Å². The van der Waals surface area contributed by atoms with Gasteiger partial charge in [0.25, 0.3) is 0 Å². The van der Waals surface area contributed by atoms with Crippen molar-refractivity contribution in [2.75, 3.05) is 0 Å².